The molecule has 0 spiro atoms. The summed E-state index contributed by atoms with van der Waals surface area (Å²) in [7, 11) is 1.61. The van der Waals surface area contributed by atoms with Crippen molar-refractivity contribution in [1.82, 2.24) is 0 Å². The maximum atomic E-state index is 6.23. The van der Waals surface area contributed by atoms with Crippen molar-refractivity contribution in [2.24, 2.45) is 5.73 Å². The summed E-state index contributed by atoms with van der Waals surface area (Å²) in [6.07, 6.45) is 0. The average molecular weight is 282 g/mol. The Morgan fingerprint density at radius 3 is 2.44 bits per heavy atom. The van der Waals surface area contributed by atoms with Crippen molar-refractivity contribution < 1.29 is 4.74 Å². The van der Waals surface area contributed by atoms with Crippen molar-refractivity contribution in [3.63, 3.8) is 0 Å². The Balaban J connectivity index is 2.44. The predicted molar refractivity (Wildman–Crippen MR) is 75.5 cm³/mol. The molecule has 0 aliphatic heterocycles. The fourth-order valence-electron chi connectivity index (χ4n) is 1.83. The number of rotatable bonds is 3. The summed E-state index contributed by atoms with van der Waals surface area (Å²) in [5.74, 6) is 0.715. The molecule has 0 bridgehead atoms. The molecule has 94 valence electrons. The molecule has 18 heavy (non-hydrogen) atoms. The van der Waals surface area contributed by atoms with Crippen LogP contribution >= 0.6 is 23.2 Å². The largest absolute Gasteiger partial charge is 0.496 e. The first-order valence-corrected chi connectivity index (χ1v) is 6.22. The quantitative estimate of drug-likeness (QED) is 0.921. The second kappa shape index (κ2) is 5.61. The number of hydrogen-bond acceptors (Lipinski definition) is 2. The van der Waals surface area contributed by atoms with E-state index in [-0.39, 0.29) is 6.04 Å². The topological polar surface area (TPSA) is 35.2 Å². The molecule has 1 atom stereocenters. The summed E-state index contributed by atoms with van der Waals surface area (Å²) in [5.41, 5.74) is 7.99. The molecule has 0 saturated carbocycles. The van der Waals surface area contributed by atoms with Crippen molar-refractivity contribution in [3.05, 3.63) is 63.6 Å². The zero-order valence-corrected chi connectivity index (χ0v) is 11.4. The van der Waals surface area contributed by atoms with E-state index in [0.29, 0.717) is 15.8 Å². The Morgan fingerprint density at radius 2 is 1.78 bits per heavy atom. The van der Waals surface area contributed by atoms with E-state index in [0.717, 1.165) is 11.1 Å². The van der Waals surface area contributed by atoms with E-state index in [1.54, 1.807) is 13.2 Å². The van der Waals surface area contributed by atoms with Crippen LogP contribution in [0.2, 0.25) is 10.0 Å². The summed E-state index contributed by atoms with van der Waals surface area (Å²) in [6, 6.07) is 12.5. The molecule has 0 saturated heterocycles. The van der Waals surface area contributed by atoms with Gasteiger partial charge in [0.1, 0.15) is 5.75 Å². The molecule has 0 amide bonds. The number of methoxy groups -OCH3 is 1. The maximum absolute atomic E-state index is 6.23. The van der Waals surface area contributed by atoms with E-state index in [2.05, 4.69) is 0 Å². The molecule has 4 heteroatoms. The normalized spacial score (nSPS) is 12.2. The van der Waals surface area contributed by atoms with Crippen molar-refractivity contribution in [2.45, 2.75) is 6.04 Å². The van der Waals surface area contributed by atoms with Crippen LogP contribution in [0, 0.1) is 0 Å². The predicted octanol–water partition coefficient (Wildman–Crippen LogP) is 4.05. The lowest BCUT2D eigenvalue weighted by atomic mass is 9.99. The Bertz CT molecular complexity index is 557. The average Bonchev–Trinajstić information content (AvgIpc) is 2.38. The summed E-state index contributed by atoms with van der Waals surface area (Å²) in [4.78, 5) is 0. The molecule has 2 nitrogen and oxygen atoms in total. The molecule has 2 N–H and O–H groups in total. The maximum Gasteiger partial charge on any atom is 0.124 e. The minimum Gasteiger partial charge on any atom is -0.496 e. The second-order valence-corrected chi connectivity index (χ2v) is 4.79. The number of hydrogen-bond donors (Lipinski definition) is 1. The highest BCUT2D eigenvalue weighted by molar-refractivity contribution is 6.31. The minimum absolute atomic E-state index is 0.322. The molecule has 0 aliphatic rings. The molecule has 0 aliphatic carbocycles. The molecule has 0 radical (unpaired) electrons. The fourth-order valence-corrected chi connectivity index (χ4v) is 2.21. The van der Waals surface area contributed by atoms with E-state index in [9.17, 15) is 0 Å². The van der Waals surface area contributed by atoms with Gasteiger partial charge in [-0.2, -0.15) is 0 Å². The van der Waals surface area contributed by atoms with Gasteiger partial charge in [-0.3, -0.25) is 0 Å². The molecule has 2 aromatic carbocycles. The Labute approximate surface area is 116 Å². The lowest BCUT2D eigenvalue weighted by molar-refractivity contribution is 0.408. The molecule has 0 fully saturated rings. The first kappa shape index (κ1) is 13.2. The summed E-state index contributed by atoms with van der Waals surface area (Å²) in [6.45, 7) is 0. The van der Waals surface area contributed by atoms with Crippen LogP contribution in [0.4, 0.5) is 0 Å². The number of halogens is 2. The van der Waals surface area contributed by atoms with E-state index >= 15 is 0 Å². The van der Waals surface area contributed by atoms with Crippen molar-refractivity contribution >= 4 is 23.2 Å². The van der Waals surface area contributed by atoms with Gasteiger partial charge in [0, 0.05) is 15.6 Å². The zero-order valence-electron chi connectivity index (χ0n) is 9.86. The third-order valence-corrected chi connectivity index (χ3v) is 3.20. The molecule has 1 unspecified atom stereocenters. The van der Waals surface area contributed by atoms with Crippen LogP contribution < -0.4 is 10.5 Å². The van der Waals surface area contributed by atoms with Gasteiger partial charge in [0.05, 0.1) is 13.2 Å². The van der Waals surface area contributed by atoms with Crippen LogP contribution in [-0.4, -0.2) is 7.11 Å². The van der Waals surface area contributed by atoms with Gasteiger partial charge in [-0.1, -0.05) is 35.3 Å². The standard InChI is InChI=1S/C14H13Cl2NO/c1-18-13-6-5-11(16)8-12(13)14(17)9-3-2-4-10(15)7-9/h2-8,14H,17H2,1H3. The highest BCUT2D eigenvalue weighted by Gasteiger charge is 2.14. The molecular formula is C14H13Cl2NO. The SMILES string of the molecule is COc1ccc(Cl)cc1C(N)c1cccc(Cl)c1. The first-order valence-electron chi connectivity index (χ1n) is 5.46. The highest BCUT2D eigenvalue weighted by atomic mass is 35.5. The third kappa shape index (κ3) is 2.78. The van der Waals surface area contributed by atoms with Crippen LogP contribution in [-0.2, 0) is 0 Å². The molecule has 2 aromatic rings. The van der Waals surface area contributed by atoms with Crippen LogP contribution in [0.1, 0.15) is 17.2 Å². The monoisotopic (exact) mass is 281 g/mol. The van der Waals surface area contributed by atoms with E-state index < -0.39 is 0 Å². The smallest absolute Gasteiger partial charge is 0.124 e. The lowest BCUT2D eigenvalue weighted by Crippen LogP contribution is -2.13. The van der Waals surface area contributed by atoms with Crippen LogP contribution in [0.25, 0.3) is 0 Å². The third-order valence-electron chi connectivity index (χ3n) is 2.73. The van der Waals surface area contributed by atoms with Gasteiger partial charge in [0.2, 0.25) is 0 Å². The van der Waals surface area contributed by atoms with Crippen molar-refractivity contribution in [1.29, 1.82) is 0 Å². The first-order chi connectivity index (χ1) is 8.61. The van der Waals surface area contributed by atoms with E-state index in [1.807, 2.05) is 36.4 Å². The van der Waals surface area contributed by atoms with E-state index in [1.165, 1.54) is 0 Å². The molecule has 0 aromatic heterocycles. The molecule has 2 rings (SSSR count). The summed E-state index contributed by atoms with van der Waals surface area (Å²) >= 11 is 12.0. The highest BCUT2D eigenvalue weighted by Crippen LogP contribution is 2.31. The lowest BCUT2D eigenvalue weighted by Gasteiger charge is -2.16. The Kier molecular flexibility index (Phi) is 4.12. The van der Waals surface area contributed by atoms with Crippen LogP contribution in [0.3, 0.4) is 0 Å². The summed E-state index contributed by atoms with van der Waals surface area (Å²) < 4.78 is 5.30. The van der Waals surface area contributed by atoms with Crippen LogP contribution in [0.5, 0.6) is 5.75 Å². The Hall–Kier alpha value is -1.22. The minimum atomic E-state index is -0.322. The van der Waals surface area contributed by atoms with Gasteiger partial charge < -0.3 is 10.5 Å². The molecular weight excluding hydrogens is 269 g/mol. The summed E-state index contributed by atoms with van der Waals surface area (Å²) in [5, 5.41) is 1.28. The van der Waals surface area contributed by atoms with Gasteiger partial charge >= 0.3 is 0 Å². The fraction of sp³-hybridized carbons (Fsp3) is 0.143. The number of ether oxygens (including phenoxy) is 1. The van der Waals surface area contributed by atoms with Gasteiger partial charge in [-0.05, 0) is 35.9 Å². The van der Waals surface area contributed by atoms with Gasteiger partial charge in [-0.25, -0.2) is 0 Å². The molecule has 0 heterocycles. The van der Waals surface area contributed by atoms with E-state index in [4.69, 9.17) is 33.7 Å². The second-order valence-electron chi connectivity index (χ2n) is 3.92. The van der Waals surface area contributed by atoms with Crippen molar-refractivity contribution in [2.75, 3.05) is 7.11 Å². The zero-order chi connectivity index (χ0) is 13.1. The van der Waals surface area contributed by atoms with Gasteiger partial charge in [0.25, 0.3) is 0 Å². The Morgan fingerprint density at radius 1 is 1.06 bits per heavy atom. The van der Waals surface area contributed by atoms with Gasteiger partial charge in [0.15, 0.2) is 0 Å². The van der Waals surface area contributed by atoms with Crippen molar-refractivity contribution in [3.8, 4) is 5.75 Å². The van der Waals surface area contributed by atoms with Crippen LogP contribution in [0.15, 0.2) is 42.5 Å². The number of benzene rings is 2. The van der Waals surface area contributed by atoms with Gasteiger partial charge in [-0.15, -0.1) is 0 Å². The number of nitrogens with two attached hydrogens (primary N) is 1.